The fourth-order valence-corrected chi connectivity index (χ4v) is 4.93. The van der Waals surface area contributed by atoms with Gasteiger partial charge < -0.3 is 19.5 Å². The highest BCUT2D eigenvalue weighted by Crippen LogP contribution is 2.62. The summed E-state index contributed by atoms with van der Waals surface area (Å²) in [6, 6.07) is 15.6. The molecule has 0 spiro atoms. The molecule has 0 radical (unpaired) electrons. The molecule has 0 aliphatic rings. The Hall–Kier alpha value is -2.14. The second kappa shape index (κ2) is 9.18. The largest absolute Gasteiger partial charge is 0.478 e. The number of hydrogen-bond acceptors (Lipinski definition) is 5. The van der Waals surface area contributed by atoms with Crippen LogP contribution in [0.4, 0.5) is 5.69 Å². The van der Waals surface area contributed by atoms with Gasteiger partial charge in [-0.1, -0.05) is 36.4 Å². The minimum atomic E-state index is -3.63. The molecule has 2 aromatic carbocycles. The normalized spacial score (nSPS) is 13.0. The number of aromatic carboxylic acids is 1. The van der Waals surface area contributed by atoms with Crippen molar-refractivity contribution in [1.29, 1.82) is 0 Å². The van der Waals surface area contributed by atoms with Gasteiger partial charge in [-0.15, -0.1) is 0 Å². The van der Waals surface area contributed by atoms with E-state index in [1.807, 2.05) is 30.3 Å². The summed E-state index contributed by atoms with van der Waals surface area (Å²) in [5, 5.41) is 12.4. The molecule has 6 nitrogen and oxygen atoms in total. The molecule has 0 amide bonds. The molecule has 0 saturated carbocycles. The van der Waals surface area contributed by atoms with Crippen LogP contribution >= 0.6 is 7.60 Å². The molecule has 146 valence electrons. The molecule has 0 fully saturated rings. The Balaban J connectivity index is 2.49. The predicted octanol–water partition coefficient (Wildman–Crippen LogP) is 5.54. The molecular weight excluding hydrogens is 365 g/mol. The van der Waals surface area contributed by atoms with E-state index >= 15 is 0 Å². The van der Waals surface area contributed by atoms with Crippen molar-refractivity contribution in [3.8, 4) is 0 Å². The zero-order valence-corrected chi connectivity index (χ0v) is 16.9. The highest BCUT2D eigenvalue weighted by Gasteiger charge is 2.39. The molecule has 2 N–H and O–H groups in total. The fourth-order valence-electron chi connectivity index (χ4n) is 2.61. The molecule has 0 saturated heterocycles. The van der Waals surface area contributed by atoms with Crippen LogP contribution in [-0.4, -0.2) is 23.3 Å². The lowest BCUT2D eigenvalue weighted by Gasteiger charge is -2.31. The van der Waals surface area contributed by atoms with Gasteiger partial charge in [0.1, 0.15) is 0 Å². The van der Waals surface area contributed by atoms with Gasteiger partial charge in [0.2, 0.25) is 0 Å². The number of hydrogen-bond donors (Lipinski definition) is 2. The maximum absolute atomic E-state index is 13.7. The van der Waals surface area contributed by atoms with E-state index in [0.717, 1.165) is 5.56 Å². The third-order valence-electron chi connectivity index (χ3n) is 3.56. The summed E-state index contributed by atoms with van der Waals surface area (Å²) in [6.45, 7) is 7.18. The highest BCUT2D eigenvalue weighted by atomic mass is 31.2. The van der Waals surface area contributed by atoms with Gasteiger partial charge >= 0.3 is 13.6 Å². The minimum Gasteiger partial charge on any atom is -0.478 e. The van der Waals surface area contributed by atoms with E-state index in [2.05, 4.69) is 5.32 Å². The number of carbonyl (C=O) groups is 1. The first-order chi connectivity index (χ1) is 12.7. The van der Waals surface area contributed by atoms with Crippen LogP contribution in [-0.2, 0) is 13.6 Å². The summed E-state index contributed by atoms with van der Waals surface area (Å²) in [6.07, 6.45) is -0.624. The molecule has 2 aromatic rings. The Labute approximate surface area is 160 Å². The zero-order chi connectivity index (χ0) is 20.0. The number of carboxylic acids is 1. The van der Waals surface area contributed by atoms with Crippen LogP contribution in [0.25, 0.3) is 0 Å². The van der Waals surface area contributed by atoms with E-state index in [1.54, 1.807) is 39.8 Å². The van der Waals surface area contributed by atoms with Crippen molar-refractivity contribution in [3.05, 3.63) is 65.7 Å². The lowest BCUT2D eigenvalue weighted by atomic mass is 10.2. The molecule has 1 atom stereocenters. The second-order valence-corrected chi connectivity index (χ2v) is 8.71. The smallest absolute Gasteiger partial charge is 0.357 e. The van der Waals surface area contributed by atoms with E-state index in [4.69, 9.17) is 9.05 Å². The molecule has 0 aliphatic heterocycles. The van der Waals surface area contributed by atoms with Crippen molar-refractivity contribution < 1.29 is 23.5 Å². The topological polar surface area (TPSA) is 84.9 Å². The van der Waals surface area contributed by atoms with Gasteiger partial charge in [-0.05, 0) is 51.5 Å². The van der Waals surface area contributed by atoms with Crippen molar-refractivity contribution in [3.63, 3.8) is 0 Å². The van der Waals surface area contributed by atoms with Crippen LogP contribution in [0.15, 0.2) is 54.6 Å². The van der Waals surface area contributed by atoms with E-state index in [1.165, 1.54) is 12.1 Å². The standard InChI is InChI=1S/C20H26NO5P/c1-14(2)25-27(24,26-15(3)4)19(16-9-6-5-7-10-16)21-18-12-8-11-17(13-18)20(22)23/h5-15,19,21H,1-4H3,(H,22,23)/t19-/m1/s1. The van der Waals surface area contributed by atoms with Crippen molar-refractivity contribution in [2.24, 2.45) is 0 Å². The maximum Gasteiger partial charge on any atom is 0.357 e. The Morgan fingerprint density at radius 2 is 1.56 bits per heavy atom. The number of nitrogens with one attached hydrogen (secondary N) is 1. The van der Waals surface area contributed by atoms with Crippen LogP contribution in [0, 0.1) is 0 Å². The van der Waals surface area contributed by atoms with Crippen LogP contribution in [0.3, 0.4) is 0 Å². The first kappa shape index (κ1) is 21.2. The quantitative estimate of drug-likeness (QED) is 0.546. The van der Waals surface area contributed by atoms with Gasteiger partial charge in [0, 0.05) is 5.69 Å². The second-order valence-electron chi connectivity index (χ2n) is 6.69. The van der Waals surface area contributed by atoms with Gasteiger partial charge in [0.25, 0.3) is 0 Å². The molecule has 7 heteroatoms. The van der Waals surface area contributed by atoms with E-state index in [0.29, 0.717) is 5.69 Å². The lowest BCUT2D eigenvalue weighted by molar-refractivity contribution is 0.0697. The van der Waals surface area contributed by atoms with Gasteiger partial charge in [-0.3, -0.25) is 4.57 Å². The van der Waals surface area contributed by atoms with Crippen LogP contribution < -0.4 is 5.32 Å². The summed E-state index contributed by atoms with van der Waals surface area (Å²) in [5.74, 6) is -1.82. The van der Waals surface area contributed by atoms with Gasteiger partial charge in [0.05, 0.1) is 17.8 Å². The summed E-state index contributed by atoms with van der Waals surface area (Å²) in [5.41, 5.74) is 1.38. The van der Waals surface area contributed by atoms with Crippen LogP contribution in [0.5, 0.6) is 0 Å². The Bertz CT molecular complexity index is 793. The number of carboxylic acid groups (broad SMARTS) is 1. The van der Waals surface area contributed by atoms with E-state index < -0.39 is 19.3 Å². The van der Waals surface area contributed by atoms with Crippen molar-refractivity contribution in [1.82, 2.24) is 0 Å². The van der Waals surface area contributed by atoms with Gasteiger partial charge in [0.15, 0.2) is 5.78 Å². The van der Waals surface area contributed by atoms with E-state index in [9.17, 15) is 14.5 Å². The van der Waals surface area contributed by atoms with Crippen molar-refractivity contribution in [2.75, 3.05) is 5.32 Å². The summed E-state index contributed by atoms with van der Waals surface area (Å²) < 4.78 is 25.3. The van der Waals surface area contributed by atoms with Crippen molar-refractivity contribution >= 4 is 19.3 Å². The Kier molecular flexibility index (Phi) is 7.19. The van der Waals surface area contributed by atoms with E-state index in [-0.39, 0.29) is 17.8 Å². The molecular formula is C20H26NO5P. The SMILES string of the molecule is CC(C)OP(=O)(OC(C)C)[C@@H](Nc1cccc(C(=O)O)c1)c1ccccc1. The monoisotopic (exact) mass is 391 g/mol. The van der Waals surface area contributed by atoms with Crippen LogP contribution in [0.1, 0.15) is 49.4 Å². The molecule has 0 aliphatic carbocycles. The third kappa shape index (κ3) is 5.93. The minimum absolute atomic E-state index is 0.135. The van der Waals surface area contributed by atoms with Gasteiger partial charge in [-0.2, -0.15) is 0 Å². The zero-order valence-electron chi connectivity index (χ0n) is 16.0. The summed E-state index contributed by atoms with van der Waals surface area (Å²) in [4.78, 5) is 11.3. The average molecular weight is 391 g/mol. The van der Waals surface area contributed by atoms with Crippen molar-refractivity contribution in [2.45, 2.75) is 45.7 Å². The summed E-state index contributed by atoms with van der Waals surface area (Å²) >= 11 is 0. The molecule has 27 heavy (non-hydrogen) atoms. The first-order valence-electron chi connectivity index (χ1n) is 8.82. The third-order valence-corrected chi connectivity index (χ3v) is 6.05. The molecule has 0 bridgehead atoms. The molecule has 2 rings (SSSR count). The predicted molar refractivity (Wildman–Crippen MR) is 106 cm³/mol. The number of rotatable bonds is 9. The highest BCUT2D eigenvalue weighted by molar-refractivity contribution is 7.54. The Morgan fingerprint density at radius 3 is 2.07 bits per heavy atom. The van der Waals surface area contributed by atoms with Crippen LogP contribution in [0.2, 0.25) is 0 Å². The first-order valence-corrected chi connectivity index (χ1v) is 10.4. The fraction of sp³-hybridized carbons (Fsp3) is 0.350. The maximum atomic E-state index is 13.7. The van der Waals surface area contributed by atoms with Gasteiger partial charge in [-0.25, -0.2) is 4.79 Å². The Morgan fingerprint density at radius 1 is 0.963 bits per heavy atom. The molecule has 0 unspecified atom stereocenters. The molecule has 0 heterocycles. The number of anilines is 1. The number of benzene rings is 2. The summed E-state index contributed by atoms with van der Waals surface area (Å²) in [7, 11) is -3.63. The molecule has 0 aromatic heterocycles. The lowest BCUT2D eigenvalue weighted by Crippen LogP contribution is -2.19. The average Bonchev–Trinajstić information content (AvgIpc) is 2.59.